The highest BCUT2D eigenvalue weighted by Gasteiger charge is 2.06. The second-order valence-electron chi connectivity index (χ2n) is 4.64. The highest BCUT2D eigenvalue weighted by molar-refractivity contribution is 6.04. The first kappa shape index (κ1) is 13.0. The van der Waals surface area contributed by atoms with Crippen molar-refractivity contribution in [3.05, 3.63) is 78.6 Å². The Bertz CT molecular complexity index is 729. The molecule has 3 rings (SSSR count). The zero-order valence-electron chi connectivity index (χ0n) is 11.2. The molecule has 1 aromatic heterocycles. The monoisotopic (exact) mass is 278 g/mol. The van der Waals surface area contributed by atoms with Crippen LogP contribution in [0.25, 0.3) is 5.69 Å². The maximum atomic E-state index is 12.0. The lowest BCUT2D eigenvalue weighted by Gasteiger charge is -2.07. The highest BCUT2D eigenvalue weighted by atomic mass is 16.3. The minimum Gasteiger partial charge on any atom is -0.508 e. The third kappa shape index (κ3) is 2.95. The van der Waals surface area contributed by atoms with E-state index in [1.54, 1.807) is 12.1 Å². The molecule has 0 fully saturated rings. The SMILES string of the molecule is O=C(Nc1ccc(-n2cccc2)cc1)c1ccc(O)cc1. The van der Waals surface area contributed by atoms with Gasteiger partial charge in [0.2, 0.25) is 0 Å². The zero-order valence-corrected chi connectivity index (χ0v) is 11.2. The number of hydrogen-bond donors (Lipinski definition) is 2. The van der Waals surface area contributed by atoms with Crippen molar-refractivity contribution in [2.75, 3.05) is 5.32 Å². The lowest BCUT2D eigenvalue weighted by molar-refractivity contribution is 0.102. The molecule has 21 heavy (non-hydrogen) atoms. The summed E-state index contributed by atoms with van der Waals surface area (Å²) in [5.41, 5.74) is 2.26. The van der Waals surface area contributed by atoms with E-state index >= 15 is 0 Å². The highest BCUT2D eigenvalue weighted by Crippen LogP contribution is 2.15. The number of phenols is 1. The van der Waals surface area contributed by atoms with Gasteiger partial charge in [0.1, 0.15) is 5.75 Å². The number of nitrogens with zero attached hydrogens (tertiary/aromatic N) is 1. The Morgan fingerprint density at radius 1 is 0.905 bits per heavy atom. The molecule has 2 N–H and O–H groups in total. The van der Waals surface area contributed by atoms with Crippen LogP contribution in [0.15, 0.2) is 73.1 Å². The molecule has 4 heteroatoms. The maximum Gasteiger partial charge on any atom is 0.255 e. The van der Waals surface area contributed by atoms with Crippen molar-refractivity contribution in [1.29, 1.82) is 0 Å². The number of carbonyl (C=O) groups is 1. The number of carbonyl (C=O) groups excluding carboxylic acids is 1. The standard InChI is InChI=1S/C17H14N2O2/c20-16-9-3-13(4-10-16)17(21)18-14-5-7-15(8-6-14)19-11-1-2-12-19/h1-12,20H,(H,18,21). The predicted octanol–water partition coefficient (Wildman–Crippen LogP) is 3.44. The van der Waals surface area contributed by atoms with E-state index < -0.39 is 0 Å². The molecule has 0 bridgehead atoms. The van der Waals surface area contributed by atoms with E-state index in [0.717, 1.165) is 11.4 Å². The summed E-state index contributed by atoms with van der Waals surface area (Å²) in [5, 5.41) is 12.0. The van der Waals surface area contributed by atoms with Crippen LogP contribution >= 0.6 is 0 Å². The molecular formula is C17H14N2O2. The molecule has 0 aliphatic heterocycles. The van der Waals surface area contributed by atoms with E-state index in [1.165, 1.54) is 12.1 Å². The molecule has 104 valence electrons. The van der Waals surface area contributed by atoms with Crippen molar-refractivity contribution in [1.82, 2.24) is 4.57 Å². The summed E-state index contributed by atoms with van der Waals surface area (Å²) in [5.74, 6) is -0.0636. The molecule has 0 atom stereocenters. The summed E-state index contributed by atoms with van der Waals surface area (Å²) < 4.78 is 1.99. The average Bonchev–Trinajstić information content (AvgIpc) is 3.03. The van der Waals surface area contributed by atoms with Gasteiger partial charge < -0.3 is 15.0 Å². The van der Waals surface area contributed by atoms with E-state index in [9.17, 15) is 9.90 Å². The van der Waals surface area contributed by atoms with Crippen molar-refractivity contribution in [2.24, 2.45) is 0 Å². The van der Waals surface area contributed by atoms with Gasteiger partial charge in [0.25, 0.3) is 5.91 Å². The van der Waals surface area contributed by atoms with Crippen LogP contribution < -0.4 is 5.32 Å². The first-order valence-electron chi connectivity index (χ1n) is 6.56. The number of aromatic hydroxyl groups is 1. The summed E-state index contributed by atoms with van der Waals surface area (Å²) in [6.45, 7) is 0. The molecule has 0 saturated carbocycles. The first-order chi connectivity index (χ1) is 10.2. The number of nitrogens with one attached hydrogen (secondary N) is 1. The van der Waals surface area contributed by atoms with Gasteiger partial charge in [-0.05, 0) is 60.7 Å². The van der Waals surface area contributed by atoms with Crippen LogP contribution in [-0.2, 0) is 0 Å². The molecule has 3 aromatic rings. The lowest BCUT2D eigenvalue weighted by Crippen LogP contribution is -2.11. The first-order valence-corrected chi connectivity index (χ1v) is 6.56. The molecule has 4 nitrogen and oxygen atoms in total. The molecular weight excluding hydrogens is 264 g/mol. The Morgan fingerprint density at radius 2 is 1.52 bits per heavy atom. The van der Waals surface area contributed by atoms with Crippen molar-refractivity contribution in [2.45, 2.75) is 0 Å². The molecule has 0 aliphatic rings. The number of rotatable bonds is 3. The van der Waals surface area contributed by atoms with E-state index in [0.29, 0.717) is 5.56 Å². The van der Waals surface area contributed by atoms with Gasteiger partial charge in [-0.2, -0.15) is 0 Å². The summed E-state index contributed by atoms with van der Waals surface area (Å²) in [4.78, 5) is 12.0. The molecule has 1 heterocycles. The molecule has 0 unspecified atom stereocenters. The quantitative estimate of drug-likeness (QED) is 0.771. The normalized spacial score (nSPS) is 10.3. The van der Waals surface area contributed by atoms with E-state index in [4.69, 9.17) is 0 Å². The van der Waals surface area contributed by atoms with Gasteiger partial charge >= 0.3 is 0 Å². The summed E-state index contributed by atoms with van der Waals surface area (Å²) in [6.07, 6.45) is 3.92. The molecule has 1 amide bonds. The number of aromatic nitrogens is 1. The largest absolute Gasteiger partial charge is 0.508 e. The summed E-state index contributed by atoms with van der Waals surface area (Å²) >= 11 is 0. The lowest BCUT2D eigenvalue weighted by atomic mass is 10.2. The second-order valence-corrected chi connectivity index (χ2v) is 4.64. The summed E-state index contributed by atoms with van der Waals surface area (Å²) in [6, 6.07) is 17.6. The number of amides is 1. The fraction of sp³-hybridized carbons (Fsp3) is 0. The second kappa shape index (κ2) is 5.54. The number of hydrogen-bond acceptors (Lipinski definition) is 2. The van der Waals surface area contributed by atoms with Crippen molar-refractivity contribution in [3.8, 4) is 11.4 Å². The Kier molecular flexibility index (Phi) is 3.43. The van der Waals surface area contributed by atoms with Gasteiger partial charge in [0.05, 0.1) is 0 Å². The van der Waals surface area contributed by atoms with E-state index in [-0.39, 0.29) is 11.7 Å². The van der Waals surface area contributed by atoms with Gasteiger partial charge in [-0.15, -0.1) is 0 Å². The zero-order chi connectivity index (χ0) is 14.7. The van der Waals surface area contributed by atoms with Crippen molar-refractivity contribution >= 4 is 11.6 Å². The van der Waals surface area contributed by atoms with Crippen molar-refractivity contribution in [3.63, 3.8) is 0 Å². The van der Waals surface area contributed by atoms with E-state index in [2.05, 4.69) is 5.32 Å². The maximum absolute atomic E-state index is 12.0. The molecule has 0 radical (unpaired) electrons. The molecule has 2 aromatic carbocycles. The van der Waals surface area contributed by atoms with Crippen LogP contribution in [0.1, 0.15) is 10.4 Å². The van der Waals surface area contributed by atoms with Crippen LogP contribution in [0.4, 0.5) is 5.69 Å². The van der Waals surface area contributed by atoms with Crippen LogP contribution in [0.2, 0.25) is 0 Å². The van der Waals surface area contributed by atoms with Crippen LogP contribution in [0.5, 0.6) is 5.75 Å². The number of anilines is 1. The van der Waals surface area contributed by atoms with Gasteiger partial charge in [-0.25, -0.2) is 0 Å². The smallest absolute Gasteiger partial charge is 0.255 e. The Morgan fingerprint density at radius 3 is 2.14 bits per heavy atom. The van der Waals surface area contributed by atoms with Gasteiger partial charge in [0, 0.05) is 29.3 Å². The predicted molar refractivity (Wildman–Crippen MR) is 81.8 cm³/mol. The minimum absolute atomic E-state index is 0.141. The fourth-order valence-corrected chi connectivity index (χ4v) is 2.04. The average molecular weight is 278 g/mol. The summed E-state index contributed by atoms with van der Waals surface area (Å²) in [7, 11) is 0. The topological polar surface area (TPSA) is 54.3 Å². The van der Waals surface area contributed by atoms with Crippen LogP contribution in [0.3, 0.4) is 0 Å². The van der Waals surface area contributed by atoms with Gasteiger partial charge in [-0.1, -0.05) is 0 Å². The Labute approximate surface area is 122 Å². The van der Waals surface area contributed by atoms with E-state index in [1.807, 2.05) is 53.4 Å². The number of phenolic OH excluding ortho intramolecular Hbond substituents is 1. The molecule has 0 saturated heterocycles. The fourth-order valence-electron chi connectivity index (χ4n) is 2.04. The molecule has 0 aliphatic carbocycles. The van der Waals surface area contributed by atoms with Gasteiger partial charge in [-0.3, -0.25) is 4.79 Å². The minimum atomic E-state index is -0.205. The Hall–Kier alpha value is -3.01. The molecule has 0 spiro atoms. The van der Waals surface area contributed by atoms with Crippen LogP contribution in [0, 0.1) is 0 Å². The number of benzene rings is 2. The van der Waals surface area contributed by atoms with Crippen LogP contribution in [-0.4, -0.2) is 15.6 Å². The third-order valence-corrected chi connectivity index (χ3v) is 3.16. The van der Waals surface area contributed by atoms with Crippen molar-refractivity contribution < 1.29 is 9.90 Å². The van der Waals surface area contributed by atoms with Gasteiger partial charge in [0.15, 0.2) is 0 Å². The Balaban J connectivity index is 1.73. The third-order valence-electron chi connectivity index (χ3n) is 3.16.